The van der Waals surface area contributed by atoms with E-state index < -0.39 is 17.6 Å². The number of hydrazine groups is 1. The quantitative estimate of drug-likeness (QED) is 0.588. The molecule has 2 atom stereocenters. The van der Waals surface area contributed by atoms with Gasteiger partial charge in [-0.2, -0.15) is 13.2 Å². The van der Waals surface area contributed by atoms with Crippen molar-refractivity contribution in [1.29, 1.82) is 0 Å². The van der Waals surface area contributed by atoms with E-state index in [4.69, 9.17) is 5.84 Å². The number of nitrogen functional groups attached to an aromatic ring is 1. The number of rotatable bonds is 4. The Bertz CT molecular complexity index is 516. The number of benzene rings is 1. The van der Waals surface area contributed by atoms with Gasteiger partial charge in [0, 0.05) is 12.1 Å². The first-order valence-electron chi connectivity index (χ1n) is 6.29. The summed E-state index contributed by atoms with van der Waals surface area (Å²) in [5.41, 5.74) is 0.748. The molecule has 1 aromatic rings. The molecule has 0 heterocycles. The van der Waals surface area contributed by atoms with E-state index in [0.717, 1.165) is 18.6 Å². The summed E-state index contributed by atoms with van der Waals surface area (Å²) in [4.78, 5) is 11.8. The van der Waals surface area contributed by atoms with Gasteiger partial charge in [-0.05, 0) is 36.5 Å². The number of nitrogens with two attached hydrogens (primary N) is 1. The number of carbonyl (C=O) groups excluding carboxylic acids is 1. The molecule has 20 heavy (non-hydrogen) atoms. The first-order chi connectivity index (χ1) is 9.32. The molecule has 1 amide bonds. The van der Waals surface area contributed by atoms with Crippen LogP contribution < -0.4 is 16.6 Å². The van der Waals surface area contributed by atoms with Gasteiger partial charge in [0.1, 0.15) is 0 Å². The summed E-state index contributed by atoms with van der Waals surface area (Å²) in [6.07, 6.45) is -3.52. The average molecular weight is 287 g/mol. The van der Waals surface area contributed by atoms with Crippen molar-refractivity contribution in [3.8, 4) is 0 Å². The summed E-state index contributed by atoms with van der Waals surface area (Å²) in [5, 5.41) is 2.65. The summed E-state index contributed by atoms with van der Waals surface area (Å²) in [5.74, 6) is 5.55. The molecule has 2 rings (SSSR count). The van der Waals surface area contributed by atoms with Crippen LogP contribution in [0, 0.1) is 11.8 Å². The Morgan fingerprint density at radius 3 is 2.60 bits per heavy atom. The van der Waals surface area contributed by atoms with Crippen LogP contribution in [0.3, 0.4) is 0 Å². The Morgan fingerprint density at radius 1 is 1.45 bits per heavy atom. The van der Waals surface area contributed by atoms with Crippen LogP contribution in [0.1, 0.15) is 29.3 Å². The largest absolute Gasteiger partial charge is 0.418 e. The molecule has 0 spiro atoms. The molecule has 110 valence electrons. The van der Waals surface area contributed by atoms with Crippen LogP contribution in [0.4, 0.5) is 18.9 Å². The highest BCUT2D eigenvalue weighted by Crippen LogP contribution is 2.37. The number of hydrogen-bond acceptors (Lipinski definition) is 3. The lowest BCUT2D eigenvalue weighted by molar-refractivity contribution is -0.137. The van der Waals surface area contributed by atoms with Crippen LogP contribution in [-0.2, 0) is 6.18 Å². The van der Waals surface area contributed by atoms with Gasteiger partial charge in [-0.3, -0.25) is 10.6 Å². The van der Waals surface area contributed by atoms with E-state index in [1.165, 1.54) is 6.07 Å². The van der Waals surface area contributed by atoms with Gasteiger partial charge in [0.2, 0.25) is 0 Å². The maximum atomic E-state index is 12.8. The third-order valence-electron chi connectivity index (χ3n) is 3.54. The van der Waals surface area contributed by atoms with Crippen LogP contribution in [-0.4, -0.2) is 12.5 Å². The minimum atomic E-state index is -4.57. The van der Waals surface area contributed by atoms with Gasteiger partial charge in [-0.1, -0.05) is 6.92 Å². The highest BCUT2D eigenvalue weighted by Gasteiger charge is 2.35. The fourth-order valence-electron chi connectivity index (χ4n) is 2.06. The summed E-state index contributed by atoms with van der Waals surface area (Å²) < 4.78 is 38.5. The molecule has 1 aromatic carbocycles. The van der Waals surface area contributed by atoms with Crippen LogP contribution in [0.25, 0.3) is 0 Å². The predicted octanol–water partition coefficient (Wildman–Crippen LogP) is 2.38. The fourth-order valence-corrected chi connectivity index (χ4v) is 2.06. The molecule has 0 radical (unpaired) electrons. The molecule has 4 N–H and O–H groups in total. The van der Waals surface area contributed by atoms with E-state index >= 15 is 0 Å². The zero-order valence-corrected chi connectivity index (χ0v) is 10.9. The molecule has 1 fully saturated rings. The molecule has 0 bridgehead atoms. The monoisotopic (exact) mass is 287 g/mol. The van der Waals surface area contributed by atoms with Crippen LogP contribution >= 0.6 is 0 Å². The van der Waals surface area contributed by atoms with Gasteiger partial charge < -0.3 is 10.7 Å². The van der Waals surface area contributed by atoms with Crippen molar-refractivity contribution >= 4 is 11.6 Å². The minimum Gasteiger partial charge on any atom is -0.352 e. The number of carbonyl (C=O) groups is 1. The third-order valence-corrected chi connectivity index (χ3v) is 3.54. The lowest BCUT2D eigenvalue weighted by Crippen LogP contribution is -2.26. The molecule has 4 nitrogen and oxygen atoms in total. The average Bonchev–Trinajstić information content (AvgIpc) is 3.10. The predicted molar refractivity (Wildman–Crippen MR) is 68.9 cm³/mol. The smallest absolute Gasteiger partial charge is 0.352 e. The van der Waals surface area contributed by atoms with Crippen LogP contribution in [0.5, 0.6) is 0 Å². The molecule has 0 aliphatic heterocycles. The number of alkyl halides is 3. The lowest BCUT2D eigenvalue weighted by Gasteiger charge is -2.14. The lowest BCUT2D eigenvalue weighted by atomic mass is 10.1. The molecular formula is C13H16F3N3O. The second-order valence-electron chi connectivity index (χ2n) is 5.09. The van der Waals surface area contributed by atoms with Gasteiger partial charge >= 0.3 is 6.18 Å². The summed E-state index contributed by atoms with van der Waals surface area (Å²) in [7, 11) is 0. The van der Waals surface area contributed by atoms with Crippen molar-refractivity contribution in [2.45, 2.75) is 19.5 Å². The first kappa shape index (κ1) is 14.6. The van der Waals surface area contributed by atoms with E-state index in [1.807, 2.05) is 5.43 Å². The topological polar surface area (TPSA) is 67.2 Å². The Hall–Kier alpha value is -1.76. The van der Waals surface area contributed by atoms with E-state index in [1.54, 1.807) is 0 Å². The maximum absolute atomic E-state index is 12.8. The highest BCUT2D eigenvalue weighted by atomic mass is 19.4. The highest BCUT2D eigenvalue weighted by molar-refractivity contribution is 5.95. The zero-order chi connectivity index (χ0) is 14.9. The molecule has 1 saturated carbocycles. The normalized spacial score (nSPS) is 21.4. The van der Waals surface area contributed by atoms with Crippen molar-refractivity contribution in [2.24, 2.45) is 17.7 Å². The Labute approximate surface area is 114 Å². The third kappa shape index (κ3) is 3.22. The summed E-state index contributed by atoms with van der Waals surface area (Å²) in [6.45, 7) is 2.57. The van der Waals surface area contributed by atoms with Crippen molar-refractivity contribution in [3.05, 3.63) is 29.3 Å². The van der Waals surface area contributed by atoms with Crippen LogP contribution in [0.15, 0.2) is 18.2 Å². The summed E-state index contributed by atoms with van der Waals surface area (Å²) in [6, 6.07) is 3.27. The van der Waals surface area contributed by atoms with E-state index in [2.05, 4.69) is 12.2 Å². The molecular weight excluding hydrogens is 271 g/mol. The van der Waals surface area contributed by atoms with Gasteiger partial charge in [-0.15, -0.1) is 0 Å². The van der Waals surface area contributed by atoms with E-state index in [0.29, 0.717) is 18.4 Å². The Balaban J connectivity index is 2.13. The van der Waals surface area contributed by atoms with Gasteiger partial charge in [-0.25, -0.2) is 0 Å². The van der Waals surface area contributed by atoms with Crippen molar-refractivity contribution < 1.29 is 18.0 Å². The number of anilines is 1. The number of nitrogens with one attached hydrogen (secondary N) is 2. The summed E-state index contributed by atoms with van der Waals surface area (Å²) >= 11 is 0. The number of halogens is 3. The Morgan fingerprint density at radius 2 is 2.10 bits per heavy atom. The van der Waals surface area contributed by atoms with Gasteiger partial charge in [0.25, 0.3) is 5.91 Å². The molecule has 7 heteroatoms. The SMILES string of the molecule is CC1CC1CNC(=O)c1ccc(NN)c(C(F)(F)F)c1. The molecule has 1 aliphatic carbocycles. The Kier molecular flexibility index (Phi) is 3.89. The number of amides is 1. The molecule has 1 aliphatic rings. The van der Waals surface area contributed by atoms with Gasteiger partial charge in [0.05, 0.1) is 11.3 Å². The minimum absolute atomic E-state index is 0.0235. The standard InChI is InChI=1S/C13H16F3N3O/c1-7-4-9(7)6-18-12(20)8-2-3-11(19-17)10(5-8)13(14,15)16/h2-3,5,7,9,19H,4,6,17H2,1H3,(H,18,20). The second kappa shape index (κ2) is 5.32. The van der Waals surface area contributed by atoms with Crippen molar-refractivity contribution in [1.82, 2.24) is 5.32 Å². The molecule has 0 aromatic heterocycles. The fraction of sp³-hybridized carbons (Fsp3) is 0.462. The van der Waals surface area contributed by atoms with Crippen LogP contribution in [0.2, 0.25) is 0 Å². The second-order valence-corrected chi connectivity index (χ2v) is 5.09. The van der Waals surface area contributed by atoms with E-state index in [9.17, 15) is 18.0 Å². The molecule has 0 saturated heterocycles. The molecule has 2 unspecified atom stereocenters. The zero-order valence-electron chi connectivity index (χ0n) is 10.9. The van der Waals surface area contributed by atoms with Crippen molar-refractivity contribution in [2.75, 3.05) is 12.0 Å². The van der Waals surface area contributed by atoms with E-state index in [-0.39, 0.29) is 11.3 Å². The number of hydrogen-bond donors (Lipinski definition) is 3. The van der Waals surface area contributed by atoms with Gasteiger partial charge in [0.15, 0.2) is 0 Å². The van der Waals surface area contributed by atoms with Crippen molar-refractivity contribution in [3.63, 3.8) is 0 Å². The first-order valence-corrected chi connectivity index (χ1v) is 6.29. The maximum Gasteiger partial charge on any atom is 0.418 e.